The maximum Gasteiger partial charge on any atom is 0.337 e. The number of carbonyl (C=O) groups is 1. The Kier molecular flexibility index (Phi) is 6.32. The first kappa shape index (κ1) is 21.7. The van der Waals surface area contributed by atoms with Gasteiger partial charge in [-0.25, -0.2) is 18.7 Å². The van der Waals surface area contributed by atoms with Crippen molar-refractivity contribution in [1.29, 1.82) is 0 Å². The Hall–Kier alpha value is -3.51. The summed E-state index contributed by atoms with van der Waals surface area (Å²) in [5.74, 6) is -1.32. The summed E-state index contributed by atoms with van der Waals surface area (Å²) in [6, 6.07) is 5.10. The van der Waals surface area contributed by atoms with Crippen molar-refractivity contribution in [3.8, 4) is 5.69 Å². The van der Waals surface area contributed by atoms with E-state index >= 15 is 0 Å². The van der Waals surface area contributed by atoms with Crippen LogP contribution in [0.3, 0.4) is 0 Å². The van der Waals surface area contributed by atoms with Crippen molar-refractivity contribution in [3.63, 3.8) is 0 Å². The second-order valence-electron chi connectivity index (χ2n) is 7.33. The van der Waals surface area contributed by atoms with E-state index in [0.29, 0.717) is 19.8 Å². The topological polar surface area (TPSA) is 124 Å². The predicted octanol–water partition coefficient (Wildman–Crippen LogP) is -0.534. The Morgan fingerprint density at radius 2 is 1.88 bits per heavy atom. The van der Waals surface area contributed by atoms with E-state index < -0.39 is 23.0 Å². The van der Waals surface area contributed by atoms with Crippen LogP contribution < -0.4 is 16.6 Å². The lowest BCUT2D eigenvalue weighted by molar-refractivity contribution is 0.0374. The summed E-state index contributed by atoms with van der Waals surface area (Å²) in [5, 5.41) is 10.5. The number of nitrogens with zero attached hydrogens (tertiary/aromatic N) is 6. The molecule has 0 bridgehead atoms. The van der Waals surface area contributed by atoms with Gasteiger partial charge < -0.3 is 10.1 Å². The maximum absolute atomic E-state index is 13.3. The third-order valence-electron chi connectivity index (χ3n) is 5.19. The van der Waals surface area contributed by atoms with Gasteiger partial charge in [0.2, 0.25) is 5.82 Å². The largest absolute Gasteiger partial charge is 0.379 e. The highest BCUT2D eigenvalue weighted by atomic mass is 19.1. The van der Waals surface area contributed by atoms with Crippen molar-refractivity contribution in [2.45, 2.75) is 6.42 Å². The van der Waals surface area contributed by atoms with Crippen LogP contribution in [0.2, 0.25) is 0 Å². The molecule has 1 N–H and O–H groups in total. The molecule has 32 heavy (non-hydrogen) atoms. The van der Waals surface area contributed by atoms with Crippen molar-refractivity contribution >= 4 is 17.1 Å². The molecule has 0 unspecified atom stereocenters. The molecule has 4 rings (SSSR count). The third kappa shape index (κ3) is 4.41. The van der Waals surface area contributed by atoms with Crippen LogP contribution in [0.5, 0.6) is 0 Å². The van der Waals surface area contributed by atoms with Gasteiger partial charge in [-0.3, -0.25) is 19.1 Å². The number of halogens is 1. The third-order valence-corrected chi connectivity index (χ3v) is 5.19. The van der Waals surface area contributed by atoms with Crippen LogP contribution in [0.25, 0.3) is 16.9 Å². The molecule has 1 fully saturated rings. The number of nitrogens with one attached hydrogen (secondary N) is 1. The molecule has 1 aliphatic heterocycles. The molecule has 168 valence electrons. The van der Waals surface area contributed by atoms with Gasteiger partial charge in [0.05, 0.1) is 18.9 Å². The van der Waals surface area contributed by atoms with Crippen LogP contribution in [0.4, 0.5) is 4.39 Å². The minimum Gasteiger partial charge on any atom is -0.379 e. The Morgan fingerprint density at radius 1 is 1.16 bits per heavy atom. The summed E-state index contributed by atoms with van der Waals surface area (Å²) in [5.41, 5.74) is -1.42. The Morgan fingerprint density at radius 3 is 2.59 bits per heavy atom. The molecule has 12 heteroatoms. The first-order valence-electron chi connectivity index (χ1n) is 10.2. The normalized spacial score (nSPS) is 14.6. The van der Waals surface area contributed by atoms with Crippen molar-refractivity contribution in [1.82, 2.24) is 34.5 Å². The van der Waals surface area contributed by atoms with Gasteiger partial charge in [0.25, 0.3) is 11.5 Å². The Bertz CT molecular complexity index is 1250. The SMILES string of the molecule is Cn1c(=O)c2nc(C(=O)NCCCN3CCOCC3)nnc2n(-c2ccc(F)cc2)c1=O. The number of carbonyl (C=O) groups excluding carboxylic acids is 1. The lowest BCUT2D eigenvalue weighted by atomic mass is 10.3. The number of ether oxygens (including phenoxy) is 1. The number of hydrogen-bond donors (Lipinski definition) is 1. The smallest absolute Gasteiger partial charge is 0.337 e. The summed E-state index contributed by atoms with van der Waals surface area (Å²) < 4.78 is 20.6. The number of amides is 1. The van der Waals surface area contributed by atoms with E-state index in [4.69, 9.17) is 4.74 Å². The van der Waals surface area contributed by atoms with Gasteiger partial charge in [0.15, 0.2) is 11.2 Å². The second kappa shape index (κ2) is 9.32. The number of rotatable bonds is 6. The van der Waals surface area contributed by atoms with Crippen molar-refractivity contribution < 1.29 is 13.9 Å². The number of morpholine rings is 1. The average Bonchev–Trinajstić information content (AvgIpc) is 2.82. The van der Waals surface area contributed by atoms with Gasteiger partial charge in [0, 0.05) is 26.7 Å². The van der Waals surface area contributed by atoms with E-state index in [1.165, 1.54) is 31.3 Å². The fraction of sp³-hybridized carbons (Fsp3) is 0.400. The monoisotopic (exact) mass is 443 g/mol. The standard InChI is InChI=1S/C20H22FN7O4/c1-26-19(30)15-17(28(20(26)31)14-5-3-13(21)4-6-14)25-24-16(23-15)18(29)22-7-2-8-27-9-11-32-12-10-27/h3-6H,2,7-12H2,1H3,(H,22,29). The van der Waals surface area contributed by atoms with Crippen molar-refractivity contribution in [3.05, 3.63) is 56.7 Å². The van der Waals surface area contributed by atoms with Gasteiger partial charge in [-0.2, -0.15) is 0 Å². The zero-order valence-electron chi connectivity index (χ0n) is 17.5. The predicted molar refractivity (Wildman–Crippen MR) is 112 cm³/mol. The van der Waals surface area contributed by atoms with Crippen LogP contribution in [0.1, 0.15) is 17.0 Å². The Labute approximate surface area is 181 Å². The van der Waals surface area contributed by atoms with E-state index in [0.717, 1.165) is 35.2 Å². The summed E-state index contributed by atoms with van der Waals surface area (Å²) in [4.78, 5) is 44.1. The molecule has 0 radical (unpaired) electrons. The summed E-state index contributed by atoms with van der Waals surface area (Å²) >= 11 is 0. The highest BCUT2D eigenvalue weighted by Crippen LogP contribution is 2.11. The molecule has 0 spiro atoms. The molecule has 1 aliphatic rings. The van der Waals surface area contributed by atoms with Gasteiger partial charge in [-0.1, -0.05) is 0 Å². The molecule has 0 saturated carbocycles. The molecule has 0 aliphatic carbocycles. The number of benzene rings is 1. The molecule has 1 saturated heterocycles. The second-order valence-corrected chi connectivity index (χ2v) is 7.33. The summed E-state index contributed by atoms with van der Waals surface area (Å²) in [7, 11) is 1.29. The first-order chi connectivity index (χ1) is 15.5. The molecule has 0 atom stereocenters. The lowest BCUT2D eigenvalue weighted by Gasteiger charge is -2.26. The summed E-state index contributed by atoms with van der Waals surface area (Å²) in [6.45, 7) is 4.38. The van der Waals surface area contributed by atoms with Crippen LogP contribution in [0, 0.1) is 5.82 Å². The Balaban J connectivity index is 1.57. The number of fused-ring (bicyclic) bond motifs is 1. The quantitative estimate of drug-likeness (QED) is 0.504. The maximum atomic E-state index is 13.3. The van der Waals surface area contributed by atoms with Gasteiger partial charge in [-0.15, -0.1) is 10.2 Å². The molecule has 11 nitrogen and oxygen atoms in total. The molecule has 2 aromatic heterocycles. The minimum absolute atomic E-state index is 0.117. The van der Waals surface area contributed by atoms with Gasteiger partial charge >= 0.3 is 5.69 Å². The van der Waals surface area contributed by atoms with Gasteiger partial charge in [-0.05, 0) is 37.2 Å². The lowest BCUT2D eigenvalue weighted by Crippen LogP contribution is -2.39. The van der Waals surface area contributed by atoms with Crippen LogP contribution in [-0.2, 0) is 11.8 Å². The molecular weight excluding hydrogens is 421 g/mol. The van der Waals surface area contributed by atoms with Crippen molar-refractivity contribution in [2.24, 2.45) is 7.05 Å². The fourth-order valence-electron chi connectivity index (χ4n) is 3.43. The molecule has 3 heterocycles. The highest BCUT2D eigenvalue weighted by Gasteiger charge is 2.19. The van der Waals surface area contributed by atoms with Crippen molar-refractivity contribution in [2.75, 3.05) is 39.4 Å². The van der Waals surface area contributed by atoms with E-state index in [9.17, 15) is 18.8 Å². The van der Waals surface area contributed by atoms with Gasteiger partial charge in [0.1, 0.15) is 5.82 Å². The van der Waals surface area contributed by atoms with Crippen LogP contribution in [-0.4, -0.2) is 74.5 Å². The molecule has 3 aromatic rings. The van der Waals surface area contributed by atoms with Crippen LogP contribution in [0.15, 0.2) is 33.9 Å². The molecule has 1 amide bonds. The van der Waals surface area contributed by atoms with E-state index in [-0.39, 0.29) is 22.7 Å². The minimum atomic E-state index is -0.709. The van der Waals surface area contributed by atoms with E-state index in [2.05, 4.69) is 25.4 Å². The molecule has 1 aromatic carbocycles. The van der Waals surface area contributed by atoms with Crippen LogP contribution >= 0.6 is 0 Å². The summed E-state index contributed by atoms with van der Waals surface area (Å²) in [6.07, 6.45) is 0.735. The highest BCUT2D eigenvalue weighted by molar-refractivity contribution is 5.91. The zero-order valence-corrected chi connectivity index (χ0v) is 17.5. The number of hydrogen-bond acceptors (Lipinski definition) is 8. The first-order valence-corrected chi connectivity index (χ1v) is 10.2. The fourth-order valence-corrected chi connectivity index (χ4v) is 3.43. The average molecular weight is 443 g/mol. The van der Waals surface area contributed by atoms with E-state index in [1.807, 2.05) is 0 Å². The van der Waals surface area contributed by atoms with E-state index in [1.54, 1.807) is 0 Å². The zero-order chi connectivity index (χ0) is 22.7. The number of aromatic nitrogens is 5. The molecular formula is C20H22FN7O4.